The van der Waals surface area contributed by atoms with Gasteiger partial charge in [0.15, 0.2) is 5.96 Å². The molecule has 0 atom stereocenters. The van der Waals surface area contributed by atoms with Crippen molar-refractivity contribution in [1.82, 2.24) is 15.1 Å². The molecule has 0 bridgehead atoms. The van der Waals surface area contributed by atoms with Gasteiger partial charge in [-0.3, -0.25) is 9.89 Å². The quantitative estimate of drug-likeness (QED) is 0.320. The number of halogens is 1. The van der Waals surface area contributed by atoms with Crippen LogP contribution in [0.15, 0.2) is 53.5 Å². The number of benzene rings is 2. The summed E-state index contributed by atoms with van der Waals surface area (Å²) in [6.45, 7) is 11.7. The molecule has 2 aromatic carbocycles. The number of para-hydroxylation sites is 2. The molecule has 7 heteroatoms. The highest BCUT2D eigenvalue weighted by Crippen LogP contribution is 2.27. The first-order valence-electron chi connectivity index (χ1n) is 10.9. The average Bonchev–Trinajstić information content (AvgIpc) is 2.79. The van der Waals surface area contributed by atoms with Crippen LogP contribution in [0.1, 0.15) is 25.0 Å². The number of phenols is 1. The van der Waals surface area contributed by atoms with Gasteiger partial charge >= 0.3 is 0 Å². The number of guanidine groups is 1. The average molecular weight is 537 g/mol. The van der Waals surface area contributed by atoms with E-state index >= 15 is 0 Å². The summed E-state index contributed by atoms with van der Waals surface area (Å²) < 4.78 is 0. The highest BCUT2D eigenvalue weighted by atomic mass is 127. The Morgan fingerprint density at radius 1 is 0.968 bits per heavy atom. The zero-order chi connectivity index (χ0) is 21.3. The van der Waals surface area contributed by atoms with E-state index in [4.69, 9.17) is 0 Å². The predicted molar refractivity (Wildman–Crippen MR) is 141 cm³/mol. The van der Waals surface area contributed by atoms with Gasteiger partial charge in [-0.25, -0.2) is 0 Å². The minimum atomic E-state index is 0. The minimum absolute atomic E-state index is 0. The van der Waals surface area contributed by atoms with Crippen molar-refractivity contribution >= 4 is 35.6 Å². The van der Waals surface area contributed by atoms with Crippen LogP contribution in [0.4, 0.5) is 5.69 Å². The van der Waals surface area contributed by atoms with Gasteiger partial charge in [-0.2, -0.15) is 0 Å². The second-order valence-corrected chi connectivity index (χ2v) is 7.59. The maximum Gasteiger partial charge on any atom is 0.194 e. The summed E-state index contributed by atoms with van der Waals surface area (Å²) in [5, 5.41) is 13.7. The highest BCUT2D eigenvalue weighted by Gasteiger charge is 2.21. The summed E-state index contributed by atoms with van der Waals surface area (Å²) in [6.07, 6.45) is 0. The molecule has 31 heavy (non-hydrogen) atoms. The minimum Gasteiger partial charge on any atom is -0.506 e. The van der Waals surface area contributed by atoms with E-state index < -0.39 is 0 Å². The summed E-state index contributed by atoms with van der Waals surface area (Å²) in [5.74, 6) is 1.28. The molecule has 0 amide bonds. The van der Waals surface area contributed by atoms with E-state index in [1.165, 1.54) is 11.1 Å². The van der Waals surface area contributed by atoms with Crippen LogP contribution < -0.4 is 10.2 Å². The summed E-state index contributed by atoms with van der Waals surface area (Å²) in [4.78, 5) is 11.5. The van der Waals surface area contributed by atoms with Crippen LogP contribution in [-0.4, -0.2) is 67.2 Å². The molecule has 1 fully saturated rings. The number of nitrogens with zero attached hydrogens (tertiary/aromatic N) is 4. The van der Waals surface area contributed by atoms with Crippen molar-refractivity contribution in [2.24, 2.45) is 4.99 Å². The number of piperazine rings is 1. The second kappa shape index (κ2) is 12.8. The van der Waals surface area contributed by atoms with Crippen molar-refractivity contribution in [3.05, 3.63) is 59.7 Å². The molecule has 0 unspecified atom stereocenters. The second-order valence-electron chi connectivity index (χ2n) is 7.59. The molecule has 3 rings (SSSR count). The third-order valence-electron chi connectivity index (χ3n) is 5.86. The molecule has 6 nitrogen and oxygen atoms in total. The van der Waals surface area contributed by atoms with Crippen LogP contribution in [0, 0.1) is 0 Å². The van der Waals surface area contributed by atoms with Gasteiger partial charge in [0.25, 0.3) is 0 Å². The lowest BCUT2D eigenvalue weighted by molar-refractivity contribution is 0.295. The third-order valence-corrected chi connectivity index (χ3v) is 5.86. The molecule has 0 aromatic heterocycles. The topological polar surface area (TPSA) is 54.3 Å². The molecule has 0 spiro atoms. The number of hydrogen-bond donors (Lipinski definition) is 2. The van der Waals surface area contributed by atoms with Gasteiger partial charge in [-0.15, -0.1) is 24.0 Å². The molecule has 170 valence electrons. The van der Waals surface area contributed by atoms with E-state index in [2.05, 4.69) is 63.1 Å². The van der Waals surface area contributed by atoms with E-state index in [0.717, 1.165) is 64.0 Å². The van der Waals surface area contributed by atoms with Gasteiger partial charge in [-0.1, -0.05) is 50.2 Å². The Kier molecular flexibility index (Phi) is 10.4. The fraction of sp³-hybridized carbons (Fsp3) is 0.458. The highest BCUT2D eigenvalue weighted by molar-refractivity contribution is 14.0. The standard InChI is InChI=1S/C24H35N5O.HI/c1-4-27(5-2)19-21-11-7-6-10-20(21)18-26-24(25-3)29-16-14-28(15-17-29)22-12-8-9-13-23(22)30;/h6-13,30H,4-5,14-19H2,1-3H3,(H,25,26);1H. The first kappa shape index (κ1) is 25.3. The van der Waals surface area contributed by atoms with Gasteiger partial charge < -0.3 is 20.2 Å². The lowest BCUT2D eigenvalue weighted by Crippen LogP contribution is -2.52. The lowest BCUT2D eigenvalue weighted by Gasteiger charge is -2.38. The van der Waals surface area contributed by atoms with Gasteiger partial charge in [0.2, 0.25) is 0 Å². The number of aromatic hydroxyl groups is 1. The van der Waals surface area contributed by atoms with Crippen LogP contribution >= 0.6 is 24.0 Å². The fourth-order valence-electron chi connectivity index (χ4n) is 3.97. The molecule has 0 saturated carbocycles. The normalized spacial score (nSPS) is 14.5. The molecule has 0 radical (unpaired) electrons. The molecule has 1 heterocycles. The van der Waals surface area contributed by atoms with Crippen molar-refractivity contribution in [2.75, 3.05) is 51.2 Å². The molecular formula is C24H36IN5O. The van der Waals surface area contributed by atoms with E-state index in [-0.39, 0.29) is 24.0 Å². The predicted octanol–water partition coefficient (Wildman–Crippen LogP) is 3.75. The van der Waals surface area contributed by atoms with E-state index in [1.807, 2.05) is 25.2 Å². The van der Waals surface area contributed by atoms with Crippen molar-refractivity contribution in [3.63, 3.8) is 0 Å². The van der Waals surface area contributed by atoms with Crippen LogP contribution in [0.3, 0.4) is 0 Å². The molecule has 2 N–H and O–H groups in total. The van der Waals surface area contributed by atoms with Crippen LogP contribution in [0.5, 0.6) is 5.75 Å². The van der Waals surface area contributed by atoms with Crippen molar-refractivity contribution in [2.45, 2.75) is 26.9 Å². The molecule has 1 aliphatic rings. The van der Waals surface area contributed by atoms with Crippen molar-refractivity contribution in [1.29, 1.82) is 0 Å². The Morgan fingerprint density at radius 3 is 2.19 bits per heavy atom. The molecular weight excluding hydrogens is 501 g/mol. The largest absolute Gasteiger partial charge is 0.506 e. The Labute approximate surface area is 204 Å². The van der Waals surface area contributed by atoms with Crippen LogP contribution in [-0.2, 0) is 13.1 Å². The lowest BCUT2D eigenvalue weighted by atomic mass is 10.1. The summed E-state index contributed by atoms with van der Waals surface area (Å²) in [6, 6.07) is 16.2. The van der Waals surface area contributed by atoms with E-state index in [9.17, 15) is 5.11 Å². The monoisotopic (exact) mass is 537 g/mol. The van der Waals surface area contributed by atoms with Crippen LogP contribution in [0.2, 0.25) is 0 Å². The molecule has 0 aliphatic carbocycles. The van der Waals surface area contributed by atoms with Gasteiger partial charge in [0.05, 0.1) is 5.69 Å². The SMILES string of the molecule is CCN(CC)Cc1ccccc1CNC(=NC)N1CCN(c2ccccc2O)CC1.I. The van der Waals surface area contributed by atoms with Gasteiger partial charge in [-0.05, 0) is 36.3 Å². The molecule has 1 saturated heterocycles. The van der Waals surface area contributed by atoms with Crippen molar-refractivity contribution in [3.8, 4) is 5.75 Å². The first-order chi connectivity index (χ1) is 14.7. The maximum absolute atomic E-state index is 10.1. The molecule has 1 aliphatic heterocycles. The number of aliphatic imine (C=N–C) groups is 1. The fourth-order valence-corrected chi connectivity index (χ4v) is 3.97. The Hall–Kier alpha value is -2.00. The Balaban J connectivity index is 0.00000341. The summed E-state index contributed by atoms with van der Waals surface area (Å²) >= 11 is 0. The first-order valence-corrected chi connectivity index (χ1v) is 10.9. The van der Waals surface area contributed by atoms with Gasteiger partial charge in [0, 0.05) is 46.3 Å². The summed E-state index contributed by atoms with van der Waals surface area (Å²) in [5.41, 5.74) is 3.59. The number of nitrogens with one attached hydrogen (secondary N) is 1. The van der Waals surface area contributed by atoms with E-state index in [1.54, 1.807) is 6.07 Å². The smallest absolute Gasteiger partial charge is 0.194 e. The molecule has 2 aromatic rings. The third kappa shape index (κ3) is 6.74. The van der Waals surface area contributed by atoms with Crippen LogP contribution in [0.25, 0.3) is 0 Å². The maximum atomic E-state index is 10.1. The number of anilines is 1. The van der Waals surface area contributed by atoms with Gasteiger partial charge in [0.1, 0.15) is 5.75 Å². The summed E-state index contributed by atoms with van der Waals surface area (Å²) in [7, 11) is 1.85. The Morgan fingerprint density at radius 2 is 1.58 bits per heavy atom. The Bertz CT molecular complexity index is 832. The van der Waals surface area contributed by atoms with Crippen molar-refractivity contribution < 1.29 is 5.11 Å². The van der Waals surface area contributed by atoms with E-state index in [0.29, 0.717) is 5.75 Å². The zero-order valence-corrected chi connectivity index (χ0v) is 21.3. The number of phenolic OH excluding ortho intramolecular Hbond substituents is 1. The number of hydrogen-bond acceptors (Lipinski definition) is 4. The zero-order valence-electron chi connectivity index (χ0n) is 18.9. The number of rotatable bonds is 7.